The largest absolute Gasteiger partial charge is 0.389 e. The van der Waals surface area contributed by atoms with Crippen LogP contribution in [0.1, 0.15) is 31.4 Å². The summed E-state index contributed by atoms with van der Waals surface area (Å²) in [7, 11) is 0. The summed E-state index contributed by atoms with van der Waals surface area (Å²) in [5.74, 6) is 0.968. The molecule has 1 unspecified atom stereocenters. The Kier molecular flexibility index (Phi) is 4.20. The molecule has 3 nitrogen and oxygen atoms in total. The van der Waals surface area contributed by atoms with Crippen molar-refractivity contribution in [2.75, 3.05) is 37.6 Å². The van der Waals surface area contributed by atoms with Gasteiger partial charge in [-0.1, -0.05) is 17.7 Å². The van der Waals surface area contributed by atoms with Gasteiger partial charge in [-0.3, -0.25) is 4.90 Å². The van der Waals surface area contributed by atoms with Gasteiger partial charge in [0.15, 0.2) is 0 Å². The van der Waals surface area contributed by atoms with E-state index in [-0.39, 0.29) is 0 Å². The highest BCUT2D eigenvalue weighted by Gasteiger charge is 2.26. The van der Waals surface area contributed by atoms with Gasteiger partial charge in [0, 0.05) is 32.7 Å². The monoisotopic (exact) mass is 294 g/mol. The van der Waals surface area contributed by atoms with Crippen LogP contribution in [-0.2, 0) is 0 Å². The van der Waals surface area contributed by atoms with Crippen molar-refractivity contribution in [3.63, 3.8) is 0 Å². The van der Waals surface area contributed by atoms with E-state index in [0.717, 1.165) is 48.4 Å². The van der Waals surface area contributed by atoms with Gasteiger partial charge < -0.3 is 10.0 Å². The van der Waals surface area contributed by atoms with Crippen LogP contribution in [-0.4, -0.2) is 42.7 Å². The average molecular weight is 295 g/mol. The van der Waals surface area contributed by atoms with Gasteiger partial charge in [-0.2, -0.15) is 0 Å². The third kappa shape index (κ3) is 3.27. The fraction of sp³-hybridized carbons (Fsp3) is 0.625. The van der Waals surface area contributed by atoms with E-state index in [2.05, 4.69) is 9.80 Å². The van der Waals surface area contributed by atoms with E-state index in [1.54, 1.807) is 6.92 Å². The van der Waals surface area contributed by atoms with Gasteiger partial charge in [0.2, 0.25) is 0 Å². The highest BCUT2D eigenvalue weighted by Crippen LogP contribution is 2.32. The van der Waals surface area contributed by atoms with E-state index in [0.29, 0.717) is 0 Å². The zero-order chi connectivity index (χ0) is 14.1. The van der Waals surface area contributed by atoms with Gasteiger partial charge >= 0.3 is 0 Å². The molecule has 1 aliphatic carbocycles. The molecule has 1 heterocycles. The van der Waals surface area contributed by atoms with Crippen molar-refractivity contribution in [1.29, 1.82) is 0 Å². The molecule has 1 atom stereocenters. The van der Waals surface area contributed by atoms with Crippen molar-refractivity contribution in [3.8, 4) is 0 Å². The lowest BCUT2D eigenvalue weighted by Crippen LogP contribution is -2.47. The fourth-order valence-electron chi connectivity index (χ4n) is 2.88. The van der Waals surface area contributed by atoms with Crippen molar-refractivity contribution >= 4 is 17.3 Å². The van der Waals surface area contributed by atoms with Gasteiger partial charge in [0.05, 0.1) is 16.8 Å². The lowest BCUT2D eigenvalue weighted by atomic mass is 10.1. The molecule has 1 aliphatic heterocycles. The number of hydrogen-bond acceptors (Lipinski definition) is 3. The van der Waals surface area contributed by atoms with Gasteiger partial charge in [-0.15, -0.1) is 0 Å². The van der Waals surface area contributed by atoms with Crippen LogP contribution in [0.5, 0.6) is 0 Å². The van der Waals surface area contributed by atoms with Gasteiger partial charge in [0.25, 0.3) is 0 Å². The molecule has 0 spiro atoms. The van der Waals surface area contributed by atoms with Crippen LogP contribution in [0.2, 0.25) is 5.02 Å². The molecule has 4 heteroatoms. The fourth-order valence-corrected chi connectivity index (χ4v) is 3.18. The Hall–Kier alpha value is -0.770. The first-order chi connectivity index (χ1) is 9.63. The number of piperazine rings is 1. The highest BCUT2D eigenvalue weighted by molar-refractivity contribution is 6.33. The summed E-state index contributed by atoms with van der Waals surface area (Å²) in [5, 5.41) is 10.3. The van der Waals surface area contributed by atoms with Crippen LogP contribution in [0.4, 0.5) is 5.69 Å². The molecule has 1 saturated heterocycles. The van der Waals surface area contributed by atoms with Crippen molar-refractivity contribution in [2.24, 2.45) is 5.92 Å². The van der Waals surface area contributed by atoms with E-state index in [4.69, 9.17) is 11.6 Å². The number of aliphatic hydroxyl groups excluding tert-OH is 1. The minimum atomic E-state index is -0.461. The van der Waals surface area contributed by atoms with E-state index >= 15 is 0 Å². The highest BCUT2D eigenvalue weighted by atomic mass is 35.5. The minimum Gasteiger partial charge on any atom is -0.389 e. The second kappa shape index (κ2) is 5.92. The normalized spacial score (nSPS) is 22.1. The number of anilines is 1. The molecule has 1 aromatic rings. The zero-order valence-electron chi connectivity index (χ0n) is 12.1. The molecule has 3 rings (SSSR count). The third-order valence-corrected chi connectivity index (χ3v) is 4.68. The van der Waals surface area contributed by atoms with E-state index < -0.39 is 6.10 Å². The zero-order valence-corrected chi connectivity index (χ0v) is 12.8. The molecule has 110 valence electrons. The maximum absolute atomic E-state index is 9.59. The number of nitrogens with zero attached hydrogens (tertiary/aromatic N) is 2. The van der Waals surface area contributed by atoms with E-state index in [9.17, 15) is 5.11 Å². The predicted molar refractivity (Wildman–Crippen MR) is 83.5 cm³/mol. The molecule has 1 saturated carbocycles. The first-order valence-electron chi connectivity index (χ1n) is 7.58. The molecule has 20 heavy (non-hydrogen) atoms. The van der Waals surface area contributed by atoms with Crippen molar-refractivity contribution in [3.05, 3.63) is 28.8 Å². The maximum Gasteiger partial charge on any atom is 0.0762 e. The minimum absolute atomic E-state index is 0.461. The van der Waals surface area contributed by atoms with Crippen molar-refractivity contribution in [1.82, 2.24) is 4.90 Å². The molecule has 2 aliphatic rings. The molecule has 0 aromatic heterocycles. The van der Waals surface area contributed by atoms with Crippen LogP contribution in [0, 0.1) is 5.92 Å². The second-order valence-electron chi connectivity index (χ2n) is 6.12. The quantitative estimate of drug-likeness (QED) is 0.925. The first-order valence-corrected chi connectivity index (χ1v) is 7.96. The SMILES string of the molecule is CC(O)c1ccc(N2CCN(CC3CC3)CC2)c(Cl)c1. The lowest BCUT2D eigenvalue weighted by molar-refractivity contribution is 0.199. The van der Waals surface area contributed by atoms with E-state index in [1.807, 2.05) is 18.2 Å². The van der Waals surface area contributed by atoms with Crippen LogP contribution in [0.15, 0.2) is 18.2 Å². The molecule has 2 fully saturated rings. The summed E-state index contributed by atoms with van der Waals surface area (Å²) >= 11 is 6.37. The first kappa shape index (κ1) is 14.2. The molecule has 0 amide bonds. The summed E-state index contributed by atoms with van der Waals surface area (Å²) < 4.78 is 0. The number of hydrogen-bond donors (Lipinski definition) is 1. The van der Waals surface area contributed by atoms with Crippen LogP contribution >= 0.6 is 11.6 Å². The standard InChI is InChI=1S/C16H23ClN2O/c1-12(20)14-4-5-16(15(17)10-14)19-8-6-18(7-9-19)11-13-2-3-13/h4-5,10,12-13,20H,2-3,6-9,11H2,1H3. The lowest BCUT2D eigenvalue weighted by Gasteiger charge is -2.36. The van der Waals surface area contributed by atoms with Gasteiger partial charge in [0.1, 0.15) is 0 Å². The summed E-state index contributed by atoms with van der Waals surface area (Å²) in [4.78, 5) is 4.93. The Bertz CT molecular complexity index is 466. The smallest absolute Gasteiger partial charge is 0.0762 e. The van der Waals surface area contributed by atoms with Gasteiger partial charge in [-0.25, -0.2) is 0 Å². The summed E-state index contributed by atoms with van der Waals surface area (Å²) in [5.41, 5.74) is 1.98. The average Bonchev–Trinajstić information content (AvgIpc) is 3.24. The topological polar surface area (TPSA) is 26.7 Å². The molecular weight excluding hydrogens is 272 g/mol. The van der Waals surface area contributed by atoms with Crippen LogP contribution in [0.25, 0.3) is 0 Å². The third-order valence-electron chi connectivity index (χ3n) is 4.38. The Morgan fingerprint density at radius 1 is 1.25 bits per heavy atom. The van der Waals surface area contributed by atoms with Crippen molar-refractivity contribution < 1.29 is 5.11 Å². The Balaban J connectivity index is 1.62. The Morgan fingerprint density at radius 2 is 1.95 bits per heavy atom. The van der Waals surface area contributed by atoms with Gasteiger partial charge in [-0.05, 0) is 43.4 Å². The second-order valence-corrected chi connectivity index (χ2v) is 6.53. The summed E-state index contributed by atoms with van der Waals surface area (Å²) in [6.45, 7) is 7.39. The molecule has 1 N–H and O–H groups in total. The van der Waals surface area contributed by atoms with E-state index in [1.165, 1.54) is 19.4 Å². The number of halogens is 1. The predicted octanol–water partition coefficient (Wildman–Crippen LogP) is 2.93. The Morgan fingerprint density at radius 3 is 2.50 bits per heavy atom. The number of rotatable bonds is 4. The number of aliphatic hydroxyl groups is 1. The van der Waals surface area contributed by atoms with Crippen LogP contribution in [0.3, 0.4) is 0 Å². The van der Waals surface area contributed by atoms with Crippen LogP contribution < -0.4 is 4.90 Å². The summed E-state index contributed by atoms with van der Waals surface area (Å²) in [6.07, 6.45) is 2.39. The van der Waals surface area contributed by atoms with Crippen molar-refractivity contribution in [2.45, 2.75) is 25.9 Å². The Labute approximate surface area is 126 Å². The molecule has 0 bridgehead atoms. The number of benzene rings is 1. The maximum atomic E-state index is 9.59. The molecule has 1 aromatic carbocycles. The molecular formula is C16H23ClN2O. The molecule has 0 radical (unpaired) electrons. The summed E-state index contributed by atoms with van der Waals surface area (Å²) in [6, 6.07) is 5.90.